The number of non-ortho nitro benzene ring substituents is 1. The highest BCUT2D eigenvalue weighted by Gasteiger charge is 2.25. The quantitative estimate of drug-likeness (QED) is 0.657. The number of rotatable bonds is 4. The Kier molecular flexibility index (Phi) is 4.90. The summed E-state index contributed by atoms with van der Waals surface area (Å²) in [6, 6.07) is 6.51. The van der Waals surface area contributed by atoms with Gasteiger partial charge in [0.1, 0.15) is 0 Å². The van der Waals surface area contributed by atoms with Crippen LogP contribution in [-0.2, 0) is 4.79 Å². The van der Waals surface area contributed by atoms with E-state index in [1.165, 1.54) is 12.1 Å². The van der Waals surface area contributed by atoms with Gasteiger partial charge in [-0.1, -0.05) is 12.1 Å². The third-order valence-electron chi connectivity index (χ3n) is 3.93. The number of carbonyl (C=O) groups excluding carboxylic acids is 1. The molecular weight excluding hydrogens is 270 g/mol. The molecule has 21 heavy (non-hydrogen) atoms. The molecule has 0 aliphatic carbocycles. The van der Waals surface area contributed by atoms with Gasteiger partial charge in [0.25, 0.3) is 5.69 Å². The molecule has 6 nitrogen and oxygen atoms in total. The van der Waals surface area contributed by atoms with Crippen LogP contribution >= 0.6 is 0 Å². The average molecular weight is 291 g/mol. The van der Waals surface area contributed by atoms with Crippen LogP contribution in [0.2, 0.25) is 0 Å². The van der Waals surface area contributed by atoms with Crippen molar-refractivity contribution in [2.45, 2.75) is 38.8 Å². The Balaban J connectivity index is 2.00. The maximum absolute atomic E-state index is 12.3. The van der Waals surface area contributed by atoms with Gasteiger partial charge in [0.2, 0.25) is 5.91 Å². The van der Waals surface area contributed by atoms with Crippen LogP contribution < -0.4 is 10.6 Å². The van der Waals surface area contributed by atoms with Crippen molar-refractivity contribution in [3.8, 4) is 0 Å². The standard InChI is InChI=1S/C15H21N3O3/c1-10-8-13(6-7-16-10)15(19)17-11(2)12-4-3-5-14(9-12)18(20)21/h3-5,9-11,13,16H,6-8H2,1-2H3,(H,17,19)/t10-,11?,13-/m0/s1. The summed E-state index contributed by atoms with van der Waals surface area (Å²) in [4.78, 5) is 22.6. The number of hydrogen-bond acceptors (Lipinski definition) is 4. The molecular formula is C15H21N3O3. The van der Waals surface area contributed by atoms with Gasteiger partial charge in [0.15, 0.2) is 0 Å². The number of amides is 1. The fourth-order valence-electron chi connectivity index (χ4n) is 2.69. The lowest BCUT2D eigenvalue weighted by Gasteiger charge is -2.28. The van der Waals surface area contributed by atoms with E-state index in [4.69, 9.17) is 0 Å². The third-order valence-corrected chi connectivity index (χ3v) is 3.93. The Hall–Kier alpha value is -1.95. The van der Waals surface area contributed by atoms with E-state index in [9.17, 15) is 14.9 Å². The molecule has 2 N–H and O–H groups in total. The first-order chi connectivity index (χ1) is 9.97. The Morgan fingerprint density at radius 3 is 2.95 bits per heavy atom. The van der Waals surface area contributed by atoms with Crippen molar-refractivity contribution >= 4 is 11.6 Å². The zero-order valence-corrected chi connectivity index (χ0v) is 12.3. The van der Waals surface area contributed by atoms with Crippen LogP contribution in [0.1, 0.15) is 38.3 Å². The SMILES string of the molecule is CC(NC(=O)[C@H]1CCN[C@@H](C)C1)c1cccc([N+](=O)[O-])c1. The van der Waals surface area contributed by atoms with Crippen LogP contribution in [-0.4, -0.2) is 23.4 Å². The number of carbonyl (C=O) groups is 1. The van der Waals surface area contributed by atoms with Crippen LogP contribution in [0.4, 0.5) is 5.69 Å². The van der Waals surface area contributed by atoms with Crippen LogP contribution in [0.3, 0.4) is 0 Å². The summed E-state index contributed by atoms with van der Waals surface area (Å²) >= 11 is 0. The molecule has 1 aliphatic rings. The zero-order valence-electron chi connectivity index (χ0n) is 12.3. The summed E-state index contributed by atoms with van der Waals surface area (Å²) < 4.78 is 0. The normalized spacial score (nSPS) is 23.3. The number of piperidine rings is 1. The van der Waals surface area contributed by atoms with Crippen LogP contribution in [0.5, 0.6) is 0 Å². The van der Waals surface area contributed by atoms with E-state index in [-0.39, 0.29) is 23.6 Å². The Morgan fingerprint density at radius 1 is 1.52 bits per heavy atom. The molecule has 0 aromatic heterocycles. The number of nitro groups is 1. The minimum Gasteiger partial charge on any atom is -0.349 e. The molecule has 1 amide bonds. The van der Waals surface area contributed by atoms with Gasteiger partial charge in [-0.3, -0.25) is 14.9 Å². The predicted octanol–water partition coefficient (Wildman–Crippen LogP) is 2.16. The molecule has 1 fully saturated rings. The molecule has 6 heteroatoms. The van der Waals surface area contributed by atoms with Crippen molar-refractivity contribution in [1.82, 2.24) is 10.6 Å². The number of hydrogen-bond donors (Lipinski definition) is 2. The van der Waals surface area contributed by atoms with Gasteiger partial charge in [-0.2, -0.15) is 0 Å². The molecule has 0 saturated carbocycles. The molecule has 2 rings (SSSR count). The second-order valence-corrected chi connectivity index (χ2v) is 5.66. The molecule has 1 unspecified atom stereocenters. The smallest absolute Gasteiger partial charge is 0.269 e. The Labute approximate surface area is 124 Å². The van der Waals surface area contributed by atoms with Crippen molar-refractivity contribution < 1.29 is 9.72 Å². The fraction of sp³-hybridized carbons (Fsp3) is 0.533. The van der Waals surface area contributed by atoms with Gasteiger partial charge >= 0.3 is 0 Å². The number of benzene rings is 1. The van der Waals surface area contributed by atoms with Gasteiger partial charge < -0.3 is 10.6 Å². The Bertz CT molecular complexity index is 533. The van der Waals surface area contributed by atoms with Crippen LogP contribution in [0.15, 0.2) is 24.3 Å². The van der Waals surface area contributed by atoms with Crippen molar-refractivity contribution in [2.75, 3.05) is 6.54 Å². The highest BCUT2D eigenvalue weighted by molar-refractivity contribution is 5.79. The fourth-order valence-corrected chi connectivity index (χ4v) is 2.69. The monoisotopic (exact) mass is 291 g/mol. The summed E-state index contributed by atoms with van der Waals surface area (Å²) in [6.45, 7) is 4.77. The molecule has 3 atom stereocenters. The molecule has 0 radical (unpaired) electrons. The first-order valence-electron chi connectivity index (χ1n) is 7.25. The molecule has 1 aliphatic heterocycles. The van der Waals surface area contributed by atoms with E-state index < -0.39 is 4.92 Å². The van der Waals surface area contributed by atoms with Crippen molar-refractivity contribution in [3.63, 3.8) is 0 Å². The predicted molar refractivity (Wildman–Crippen MR) is 79.8 cm³/mol. The number of nitrogens with one attached hydrogen (secondary N) is 2. The summed E-state index contributed by atoms with van der Waals surface area (Å²) in [5, 5.41) is 17.1. The first kappa shape index (κ1) is 15.4. The van der Waals surface area contributed by atoms with Gasteiger partial charge in [-0.05, 0) is 38.8 Å². The molecule has 1 saturated heterocycles. The minimum atomic E-state index is -0.424. The Morgan fingerprint density at radius 2 is 2.29 bits per heavy atom. The van der Waals surface area contributed by atoms with E-state index in [1.54, 1.807) is 12.1 Å². The summed E-state index contributed by atoms with van der Waals surface area (Å²) in [5.74, 6) is 0.0461. The topological polar surface area (TPSA) is 84.3 Å². The van der Waals surface area contributed by atoms with E-state index in [0.29, 0.717) is 6.04 Å². The van der Waals surface area contributed by atoms with Gasteiger partial charge in [-0.25, -0.2) is 0 Å². The molecule has 0 spiro atoms. The average Bonchev–Trinajstić information content (AvgIpc) is 2.47. The third kappa shape index (κ3) is 4.01. The zero-order chi connectivity index (χ0) is 15.4. The molecule has 1 aromatic rings. The first-order valence-corrected chi connectivity index (χ1v) is 7.25. The lowest BCUT2D eigenvalue weighted by molar-refractivity contribution is -0.384. The molecule has 1 aromatic carbocycles. The molecule has 114 valence electrons. The van der Waals surface area contributed by atoms with Crippen LogP contribution in [0.25, 0.3) is 0 Å². The highest BCUT2D eigenvalue weighted by atomic mass is 16.6. The van der Waals surface area contributed by atoms with Gasteiger partial charge in [0, 0.05) is 24.1 Å². The largest absolute Gasteiger partial charge is 0.349 e. The van der Waals surface area contributed by atoms with Crippen molar-refractivity contribution in [3.05, 3.63) is 39.9 Å². The van der Waals surface area contributed by atoms with E-state index in [2.05, 4.69) is 17.6 Å². The maximum Gasteiger partial charge on any atom is 0.269 e. The maximum atomic E-state index is 12.3. The van der Waals surface area contributed by atoms with E-state index in [1.807, 2.05) is 6.92 Å². The number of nitrogens with zero attached hydrogens (tertiary/aromatic N) is 1. The summed E-state index contributed by atoms with van der Waals surface area (Å²) in [7, 11) is 0. The number of nitro benzene ring substituents is 1. The van der Waals surface area contributed by atoms with E-state index >= 15 is 0 Å². The lowest BCUT2D eigenvalue weighted by Crippen LogP contribution is -2.42. The van der Waals surface area contributed by atoms with E-state index in [0.717, 1.165) is 24.9 Å². The van der Waals surface area contributed by atoms with Gasteiger partial charge in [0.05, 0.1) is 11.0 Å². The minimum absolute atomic E-state index is 0.0161. The van der Waals surface area contributed by atoms with Crippen LogP contribution in [0, 0.1) is 16.0 Å². The second kappa shape index (κ2) is 6.67. The summed E-state index contributed by atoms with van der Waals surface area (Å²) in [5.41, 5.74) is 0.795. The second-order valence-electron chi connectivity index (χ2n) is 5.66. The highest BCUT2D eigenvalue weighted by Crippen LogP contribution is 2.21. The van der Waals surface area contributed by atoms with Gasteiger partial charge in [-0.15, -0.1) is 0 Å². The van der Waals surface area contributed by atoms with Crippen molar-refractivity contribution in [1.29, 1.82) is 0 Å². The molecule has 0 bridgehead atoms. The lowest BCUT2D eigenvalue weighted by atomic mass is 9.92. The summed E-state index contributed by atoms with van der Waals surface area (Å²) in [6.07, 6.45) is 1.66. The molecule has 1 heterocycles. The van der Waals surface area contributed by atoms with Crippen molar-refractivity contribution in [2.24, 2.45) is 5.92 Å².